The minimum atomic E-state index is -0.509. The summed E-state index contributed by atoms with van der Waals surface area (Å²) in [6.07, 6.45) is 1.73. The number of aryl methyl sites for hydroxylation is 1. The molecule has 0 saturated heterocycles. The molecule has 0 N–H and O–H groups in total. The third-order valence-electron chi connectivity index (χ3n) is 3.13. The van der Waals surface area contributed by atoms with Gasteiger partial charge in [-0.3, -0.25) is 13.9 Å². The van der Waals surface area contributed by atoms with Crippen LogP contribution in [-0.2, 0) is 32.5 Å². The van der Waals surface area contributed by atoms with Crippen LogP contribution < -0.4 is 11.2 Å². The molecule has 7 nitrogen and oxygen atoms in total. The van der Waals surface area contributed by atoms with Crippen LogP contribution in [0.5, 0.6) is 0 Å². The first kappa shape index (κ1) is 13.9. The average Bonchev–Trinajstić information content (AvgIpc) is 2.85. The lowest BCUT2D eigenvalue weighted by atomic mass is 10.4. The Hall–Kier alpha value is -2.57. The van der Waals surface area contributed by atoms with Gasteiger partial charge in [-0.15, -0.1) is 0 Å². The van der Waals surface area contributed by atoms with Crippen molar-refractivity contribution in [2.75, 3.05) is 0 Å². The Bertz CT molecular complexity index is 767. The number of nitrogens with zero attached hydrogens (tertiary/aromatic N) is 3. The molecule has 0 spiro atoms. The molecule has 2 rings (SSSR count). The smallest absolute Gasteiger partial charge is 0.355 e. The monoisotopic (exact) mass is 277 g/mol. The Labute approximate surface area is 114 Å². The molecule has 0 atom stereocenters. The van der Waals surface area contributed by atoms with Gasteiger partial charge in [0, 0.05) is 33.4 Å². The Morgan fingerprint density at radius 1 is 1.20 bits per heavy atom. The highest BCUT2D eigenvalue weighted by Gasteiger charge is 2.12. The molecule has 0 fully saturated rings. The van der Waals surface area contributed by atoms with Gasteiger partial charge in [-0.1, -0.05) is 0 Å². The van der Waals surface area contributed by atoms with Gasteiger partial charge in [-0.05, 0) is 12.1 Å². The molecule has 0 aliphatic rings. The molecule has 0 saturated carbocycles. The van der Waals surface area contributed by atoms with Crippen molar-refractivity contribution in [1.82, 2.24) is 13.7 Å². The number of carbonyl (C=O) groups excluding carboxylic acids is 1. The van der Waals surface area contributed by atoms with E-state index in [9.17, 15) is 14.4 Å². The Morgan fingerprint density at radius 2 is 1.90 bits per heavy atom. The van der Waals surface area contributed by atoms with Crippen molar-refractivity contribution in [3.8, 4) is 0 Å². The van der Waals surface area contributed by atoms with Crippen LogP contribution in [0, 0.1) is 0 Å². The zero-order valence-electron chi connectivity index (χ0n) is 11.5. The van der Waals surface area contributed by atoms with Crippen LogP contribution in [0.1, 0.15) is 16.2 Å². The molecule has 7 heteroatoms. The van der Waals surface area contributed by atoms with Crippen LogP contribution in [-0.4, -0.2) is 19.7 Å². The predicted molar refractivity (Wildman–Crippen MR) is 71.5 cm³/mol. The van der Waals surface area contributed by atoms with Gasteiger partial charge in [-0.25, -0.2) is 9.59 Å². The van der Waals surface area contributed by atoms with E-state index in [-0.39, 0.29) is 6.61 Å². The highest BCUT2D eigenvalue weighted by Crippen LogP contribution is 2.04. The van der Waals surface area contributed by atoms with Gasteiger partial charge in [0.15, 0.2) is 0 Å². The molecule has 0 amide bonds. The van der Waals surface area contributed by atoms with E-state index in [4.69, 9.17) is 4.74 Å². The summed E-state index contributed by atoms with van der Waals surface area (Å²) >= 11 is 0. The summed E-state index contributed by atoms with van der Waals surface area (Å²) in [7, 11) is 4.64. The van der Waals surface area contributed by atoms with E-state index in [0.29, 0.717) is 11.4 Å². The Balaban J connectivity index is 2.21. The highest BCUT2D eigenvalue weighted by atomic mass is 16.5. The standard InChI is InChI=1S/C13H15N3O4/c1-14-6-4-5-10(14)12(18)20-8-9-7-11(17)16(3)13(19)15(9)2/h4-7H,8H2,1-3H3. The van der Waals surface area contributed by atoms with Crippen LogP contribution in [0.4, 0.5) is 0 Å². The lowest BCUT2D eigenvalue weighted by Crippen LogP contribution is -2.38. The van der Waals surface area contributed by atoms with Crippen LogP contribution in [0.25, 0.3) is 0 Å². The molecule has 0 bridgehead atoms. The highest BCUT2D eigenvalue weighted by molar-refractivity contribution is 5.87. The maximum absolute atomic E-state index is 11.8. The third-order valence-corrected chi connectivity index (χ3v) is 3.13. The van der Waals surface area contributed by atoms with E-state index in [1.807, 2.05) is 0 Å². The first-order valence-electron chi connectivity index (χ1n) is 5.96. The number of rotatable bonds is 3. The van der Waals surface area contributed by atoms with Crippen molar-refractivity contribution < 1.29 is 9.53 Å². The molecule has 2 aromatic heterocycles. The van der Waals surface area contributed by atoms with E-state index in [0.717, 1.165) is 4.57 Å². The fraction of sp³-hybridized carbons (Fsp3) is 0.308. The topological polar surface area (TPSA) is 75.2 Å². The SMILES string of the molecule is Cn1cccc1C(=O)OCc1cc(=O)n(C)c(=O)n1C. The second kappa shape index (κ2) is 5.20. The first-order valence-corrected chi connectivity index (χ1v) is 5.96. The van der Waals surface area contributed by atoms with Crippen molar-refractivity contribution in [2.24, 2.45) is 21.1 Å². The number of hydrogen-bond donors (Lipinski definition) is 0. The Morgan fingerprint density at radius 3 is 2.50 bits per heavy atom. The molecular formula is C13H15N3O4. The fourth-order valence-corrected chi connectivity index (χ4v) is 1.80. The van der Waals surface area contributed by atoms with Gasteiger partial charge in [0.2, 0.25) is 0 Å². The van der Waals surface area contributed by atoms with Gasteiger partial charge >= 0.3 is 11.7 Å². The number of aromatic nitrogens is 3. The lowest BCUT2D eigenvalue weighted by molar-refractivity contribution is 0.0451. The van der Waals surface area contributed by atoms with E-state index in [2.05, 4.69) is 0 Å². The maximum atomic E-state index is 11.8. The van der Waals surface area contributed by atoms with Crippen molar-refractivity contribution in [2.45, 2.75) is 6.61 Å². The van der Waals surface area contributed by atoms with Crippen LogP contribution in [0.15, 0.2) is 34.0 Å². The van der Waals surface area contributed by atoms with E-state index < -0.39 is 17.2 Å². The number of esters is 1. The molecule has 2 aromatic rings. The van der Waals surface area contributed by atoms with Gasteiger partial charge < -0.3 is 9.30 Å². The third kappa shape index (κ3) is 2.42. The summed E-state index contributed by atoms with van der Waals surface area (Å²) < 4.78 is 9.01. The first-order chi connectivity index (χ1) is 9.41. The number of ether oxygens (including phenoxy) is 1. The molecule has 20 heavy (non-hydrogen) atoms. The van der Waals surface area contributed by atoms with Crippen LogP contribution in [0.3, 0.4) is 0 Å². The zero-order chi connectivity index (χ0) is 14.9. The quantitative estimate of drug-likeness (QED) is 0.727. The summed E-state index contributed by atoms with van der Waals surface area (Å²) in [4.78, 5) is 35.1. The minimum absolute atomic E-state index is 0.133. The molecule has 0 aromatic carbocycles. The van der Waals surface area contributed by atoms with Crippen molar-refractivity contribution in [3.63, 3.8) is 0 Å². The van der Waals surface area contributed by atoms with Crippen molar-refractivity contribution in [3.05, 3.63) is 56.6 Å². The summed E-state index contributed by atoms with van der Waals surface area (Å²) in [5, 5.41) is 0. The molecule has 0 aliphatic heterocycles. The Kier molecular flexibility index (Phi) is 3.60. The fourth-order valence-electron chi connectivity index (χ4n) is 1.80. The molecular weight excluding hydrogens is 262 g/mol. The number of hydrogen-bond acceptors (Lipinski definition) is 4. The van der Waals surface area contributed by atoms with E-state index in [1.54, 1.807) is 29.9 Å². The van der Waals surface area contributed by atoms with Gasteiger partial charge in [0.05, 0.1) is 5.69 Å². The normalized spacial score (nSPS) is 10.6. The average molecular weight is 277 g/mol. The largest absolute Gasteiger partial charge is 0.455 e. The van der Waals surface area contributed by atoms with Gasteiger partial charge in [0.25, 0.3) is 5.56 Å². The predicted octanol–water partition coefficient (Wildman–Crippen LogP) is -0.221. The molecule has 106 valence electrons. The number of carbonyl (C=O) groups is 1. The summed E-state index contributed by atoms with van der Waals surface area (Å²) in [5.74, 6) is -0.509. The second-order valence-corrected chi connectivity index (χ2v) is 4.45. The summed E-state index contributed by atoms with van der Waals surface area (Å²) in [6, 6.07) is 4.63. The summed E-state index contributed by atoms with van der Waals surface area (Å²) in [6.45, 7) is -0.133. The second-order valence-electron chi connectivity index (χ2n) is 4.45. The lowest BCUT2D eigenvalue weighted by Gasteiger charge is -2.10. The summed E-state index contributed by atoms with van der Waals surface area (Å²) in [5.41, 5.74) is -0.139. The van der Waals surface area contributed by atoms with Crippen LogP contribution in [0.2, 0.25) is 0 Å². The van der Waals surface area contributed by atoms with Gasteiger partial charge in [-0.2, -0.15) is 0 Å². The molecule has 0 unspecified atom stereocenters. The zero-order valence-corrected chi connectivity index (χ0v) is 11.5. The van der Waals surface area contributed by atoms with Crippen LogP contribution >= 0.6 is 0 Å². The molecule has 0 aliphatic carbocycles. The van der Waals surface area contributed by atoms with Crippen molar-refractivity contribution >= 4 is 5.97 Å². The molecule has 0 radical (unpaired) electrons. The van der Waals surface area contributed by atoms with E-state index >= 15 is 0 Å². The van der Waals surface area contributed by atoms with Crippen molar-refractivity contribution in [1.29, 1.82) is 0 Å². The van der Waals surface area contributed by atoms with E-state index in [1.165, 1.54) is 24.7 Å². The molecule has 2 heterocycles. The maximum Gasteiger partial charge on any atom is 0.355 e. The van der Waals surface area contributed by atoms with Gasteiger partial charge in [0.1, 0.15) is 12.3 Å². The minimum Gasteiger partial charge on any atom is -0.455 e.